The van der Waals surface area contributed by atoms with Crippen LogP contribution >= 0.6 is 0 Å². The highest BCUT2D eigenvalue weighted by Gasteiger charge is 2.48. The van der Waals surface area contributed by atoms with Crippen molar-refractivity contribution in [2.75, 3.05) is 6.54 Å². The summed E-state index contributed by atoms with van der Waals surface area (Å²) < 4.78 is 0. The minimum atomic E-state index is -1.10. The molecule has 0 saturated heterocycles. The smallest absolute Gasteiger partial charge is 0.224 e. The molecule has 4 nitrogen and oxygen atoms in total. The molecule has 1 aromatic rings. The van der Waals surface area contributed by atoms with Crippen LogP contribution in [-0.4, -0.2) is 18.4 Å². The quantitative estimate of drug-likeness (QED) is 0.802. The normalized spacial score (nSPS) is 29.5. The molecule has 0 spiro atoms. The summed E-state index contributed by atoms with van der Waals surface area (Å²) in [7, 11) is 0. The van der Waals surface area contributed by atoms with E-state index in [2.05, 4.69) is 5.32 Å². The summed E-state index contributed by atoms with van der Waals surface area (Å²) in [6.07, 6.45) is 5.40. The molecule has 1 amide bonds. The van der Waals surface area contributed by atoms with E-state index in [0.29, 0.717) is 6.54 Å². The van der Waals surface area contributed by atoms with Gasteiger partial charge in [0.1, 0.15) is 0 Å². The van der Waals surface area contributed by atoms with Gasteiger partial charge >= 0.3 is 0 Å². The Balaban J connectivity index is 1.58. The Morgan fingerprint density at radius 2 is 1.76 bits per heavy atom. The predicted molar refractivity (Wildman–Crippen MR) is 75.9 cm³/mol. The number of hydrogen-bond donors (Lipinski definition) is 1. The number of allylic oxidation sites excluding steroid dienone is 2. The van der Waals surface area contributed by atoms with E-state index in [9.17, 15) is 14.7 Å². The largest absolute Gasteiger partial charge is 0.550 e. The highest BCUT2D eigenvalue weighted by molar-refractivity contribution is 5.86. The van der Waals surface area contributed by atoms with Crippen LogP contribution in [0.3, 0.4) is 0 Å². The monoisotopic (exact) mass is 284 g/mol. The average molecular weight is 284 g/mol. The van der Waals surface area contributed by atoms with Gasteiger partial charge in [-0.1, -0.05) is 42.5 Å². The van der Waals surface area contributed by atoms with E-state index in [1.165, 1.54) is 0 Å². The number of carboxylic acid groups (broad SMARTS) is 1. The van der Waals surface area contributed by atoms with Crippen molar-refractivity contribution in [3.63, 3.8) is 0 Å². The number of nitrogens with one attached hydrogen (secondary N) is 1. The fraction of sp³-hybridized carbons (Fsp3) is 0.412. The van der Waals surface area contributed by atoms with Gasteiger partial charge in [0.15, 0.2) is 0 Å². The van der Waals surface area contributed by atoms with Gasteiger partial charge in [-0.25, -0.2) is 0 Å². The molecule has 1 fully saturated rings. The molecule has 0 heterocycles. The van der Waals surface area contributed by atoms with Gasteiger partial charge in [0.25, 0.3) is 0 Å². The van der Waals surface area contributed by atoms with Crippen LogP contribution in [0.1, 0.15) is 12.0 Å². The Bertz CT molecular complexity index is 567. The molecule has 21 heavy (non-hydrogen) atoms. The van der Waals surface area contributed by atoms with Crippen molar-refractivity contribution in [3.8, 4) is 0 Å². The van der Waals surface area contributed by atoms with Gasteiger partial charge in [-0.3, -0.25) is 4.79 Å². The first-order chi connectivity index (χ1) is 10.2. The first-order valence-corrected chi connectivity index (χ1v) is 7.37. The summed E-state index contributed by atoms with van der Waals surface area (Å²) in [4.78, 5) is 23.6. The van der Waals surface area contributed by atoms with Crippen molar-refractivity contribution in [1.82, 2.24) is 5.32 Å². The van der Waals surface area contributed by atoms with Crippen molar-refractivity contribution >= 4 is 11.9 Å². The zero-order valence-electron chi connectivity index (χ0n) is 11.7. The number of aliphatic carboxylic acids is 1. The third-order valence-electron chi connectivity index (χ3n) is 4.59. The molecule has 3 rings (SSSR count). The van der Waals surface area contributed by atoms with E-state index in [0.717, 1.165) is 18.4 Å². The number of fused-ring (bicyclic) bond motifs is 2. The molecule has 0 unspecified atom stereocenters. The highest BCUT2D eigenvalue weighted by atomic mass is 16.4. The summed E-state index contributed by atoms with van der Waals surface area (Å²) in [5.41, 5.74) is 1.15. The average Bonchev–Trinajstić information content (AvgIpc) is 3.08. The molecule has 1 N–H and O–H groups in total. The van der Waals surface area contributed by atoms with Crippen LogP contribution in [0.2, 0.25) is 0 Å². The first kappa shape index (κ1) is 13.9. The molecule has 1 saturated carbocycles. The van der Waals surface area contributed by atoms with Gasteiger partial charge in [0.05, 0.1) is 5.92 Å². The number of carboxylic acids is 1. The van der Waals surface area contributed by atoms with Crippen LogP contribution in [0.25, 0.3) is 0 Å². The van der Waals surface area contributed by atoms with Crippen LogP contribution < -0.4 is 10.4 Å². The summed E-state index contributed by atoms with van der Waals surface area (Å²) >= 11 is 0. The topological polar surface area (TPSA) is 69.2 Å². The predicted octanol–water partition coefficient (Wildman–Crippen LogP) is 0.533. The Kier molecular flexibility index (Phi) is 3.78. The third kappa shape index (κ3) is 2.71. The maximum Gasteiger partial charge on any atom is 0.224 e. The summed E-state index contributed by atoms with van der Waals surface area (Å²) in [6.45, 7) is 0.528. The van der Waals surface area contributed by atoms with Gasteiger partial charge in [0, 0.05) is 18.4 Å². The van der Waals surface area contributed by atoms with Crippen LogP contribution in [0.15, 0.2) is 42.5 Å². The molecular weight excluding hydrogens is 266 g/mol. The van der Waals surface area contributed by atoms with Gasteiger partial charge in [0.2, 0.25) is 5.91 Å². The molecule has 110 valence electrons. The SMILES string of the molecule is O=C(NCCc1ccccc1)[C@@H]1[C@@H](C(=O)[O-])[C@H]2C=C[C@@H]1C2. The van der Waals surface area contributed by atoms with Gasteiger partial charge in [-0.05, 0) is 30.2 Å². The number of benzene rings is 1. The molecule has 2 bridgehead atoms. The van der Waals surface area contributed by atoms with E-state index in [4.69, 9.17) is 0 Å². The molecule has 0 aliphatic heterocycles. The van der Waals surface area contributed by atoms with Crippen molar-refractivity contribution in [3.05, 3.63) is 48.0 Å². The fourth-order valence-electron chi connectivity index (χ4n) is 3.59. The lowest BCUT2D eigenvalue weighted by Gasteiger charge is -2.27. The molecule has 0 aromatic heterocycles. The van der Waals surface area contributed by atoms with E-state index >= 15 is 0 Å². The Morgan fingerprint density at radius 1 is 1.10 bits per heavy atom. The van der Waals surface area contributed by atoms with Crippen LogP contribution in [-0.2, 0) is 16.0 Å². The van der Waals surface area contributed by atoms with Crippen LogP contribution in [0, 0.1) is 23.7 Å². The lowest BCUT2D eigenvalue weighted by atomic mass is 9.82. The zero-order valence-corrected chi connectivity index (χ0v) is 11.7. The van der Waals surface area contributed by atoms with Gasteiger partial charge in [-0.15, -0.1) is 0 Å². The van der Waals surface area contributed by atoms with Gasteiger partial charge < -0.3 is 15.2 Å². The summed E-state index contributed by atoms with van der Waals surface area (Å²) in [6, 6.07) is 9.90. The molecule has 0 radical (unpaired) electrons. The molecule has 2 aliphatic rings. The number of rotatable bonds is 5. The second-order valence-electron chi connectivity index (χ2n) is 5.85. The van der Waals surface area contributed by atoms with Crippen LogP contribution in [0.4, 0.5) is 0 Å². The number of amides is 1. The molecule has 2 aliphatic carbocycles. The molecule has 1 aromatic carbocycles. The number of hydrogen-bond acceptors (Lipinski definition) is 3. The number of carbonyl (C=O) groups is 2. The van der Waals surface area contributed by atoms with Crippen molar-refractivity contribution in [2.45, 2.75) is 12.8 Å². The Labute approximate surface area is 123 Å². The number of carbonyl (C=O) groups excluding carboxylic acids is 2. The second kappa shape index (κ2) is 5.72. The van der Waals surface area contributed by atoms with E-state index in [-0.39, 0.29) is 17.7 Å². The zero-order chi connectivity index (χ0) is 14.8. The molecule has 4 atom stereocenters. The van der Waals surface area contributed by atoms with Crippen LogP contribution in [0.5, 0.6) is 0 Å². The van der Waals surface area contributed by atoms with Gasteiger partial charge in [-0.2, -0.15) is 0 Å². The maximum absolute atomic E-state index is 12.3. The Morgan fingerprint density at radius 3 is 2.43 bits per heavy atom. The first-order valence-electron chi connectivity index (χ1n) is 7.37. The fourth-order valence-corrected chi connectivity index (χ4v) is 3.59. The van der Waals surface area contributed by atoms with E-state index < -0.39 is 17.8 Å². The van der Waals surface area contributed by atoms with Crippen molar-refractivity contribution < 1.29 is 14.7 Å². The standard InChI is InChI=1S/C17H19NO3/c19-16(18-9-8-11-4-2-1-3-5-11)14-12-6-7-13(10-12)15(14)17(20)21/h1-7,12-15H,8-10H2,(H,18,19)(H,20,21)/p-1/t12-,13+,14+,15+/m1/s1. The summed E-state index contributed by atoms with van der Waals surface area (Å²) in [5.74, 6) is -2.39. The minimum absolute atomic E-state index is 0.0372. The lowest BCUT2D eigenvalue weighted by molar-refractivity contribution is -0.313. The molecule has 4 heteroatoms. The van der Waals surface area contributed by atoms with E-state index in [1.807, 2.05) is 42.5 Å². The highest BCUT2D eigenvalue weighted by Crippen LogP contribution is 2.47. The second-order valence-corrected chi connectivity index (χ2v) is 5.85. The Hall–Kier alpha value is -2.10. The third-order valence-corrected chi connectivity index (χ3v) is 4.59. The lowest BCUT2D eigenvalue weighted by Crippen LogP contribution is -2.45. The summed E-state index contributed by atoms with van der Waals surface area (Å²) in [5, 5.41) is 14.2. The maximum atomic E-state index is 12.3. The van der Waals surface area contributed by atoms with E-state index in [1.54, 1.807) is 0 Å². The molecular formula is C17H18NO3-. The van der Waals surface area contributed by atoms with Crippen molar-refractivity contribution in [2.24, 2.45) is 23.7 Å². The van der Waals surface area contributed by atoms with Crippen molar-refractivity contribution in [1.29, 1.82) is 0 Å². The minimum Gasteiger partial charge on any atom is -0.550 e.